The number of anilines is 2. The largest absolute Gasteiger partial charge is 0.378 e. The fourth-order valence-corrected chi connectivity index (χ4v) is 4.76. The first-order valence-corrected chi connectivity index (χ1v) is 10.6. The van der Waals surface area contributed by atoms with Gasteiger partial charge in [-0.1, -0.05) is 20.8 Å². The molecule has 1 aromatic heterocycles. The van der Waals surface area contributed by atoms with Crippen molar-refractivity contribution >= 4 is 11.6 Å². The second-order valence-corrected chi connectivity index (χ2v) is 9.78. The van der Waals surface area contributed by atoms with Crippen LogP contribution in [0, 0.1) is 17.3 Å². The first-order chi connectivity index (χ1) is 13.0. The average molecular weight is 374 g/mol. The van der Waals surface area contributed by atoms with Gasteiger partial charge in [0.25, 0.3) is 0 Å². The summed E-state index contributed by atoms with van der Waals surface area (Å²) in [5, 5.41) is 12.5. The Morgan fingerprint density at radius 2 is 1.78 bits per heavy atom. The van der Waals surface area contributed by atoms with E-state index < -0.39 is 0 Å². The van der Waals surface area contributed by atoms with Gasteiger partial charge in [-0.15, -0.1) is 10.2 Å². The van der Waals surface area contributed by atoms with Gasteiger partial charge in [-0.25, -0.2) is 0 Å². The molecule has 2 saturated heterocycles. The van der Waals surface area contributed by atoms with Crippen LogP contribution < -0.4 is 10.2 Å². The normalized spacial score (nSPS) is 29.1. The van der Waals surface area contributed by atoms with E-state index in [-0.39, 0.29) is 0 Å². The lowest BCUT2D eigenvalue weighted by Crippen LogP contribution is -2.36. The Morgan fingerprint density at radius 3 is 2.37 bits per heavy atom. The molecule has 2 aliphatic heterocycles. The highest BCUT2D eigenvalue weighted by molar-refractivity contribution is 5.44. The van der Waals surface area contributed by atoms with Gasteiger partial charge in [-0.05, 0) is 55.2 Å². The number of ether oxygens (including phenoxy) is 1. The van der Waals surface area contributed by atoms with Gasteiger partial charge in [0, 0.05) is 32.2 Å². The highest BCUT2D eigenvalue weighted by Gasteiger charge is 2.40. The fourth-order valence-electron chi connectivity index (χ4n) is 4.76. The van der Waals surface area contributed by atoms with Crippen LogP contribution in [-0.4, -0.2) is 67.1 Å². The van der Waals surface area contributed by atoms with Gasteiger partial charge in [0.1, 0.15) is 5.82 Å². The summed E-state index contributed by atoms with van der Waals surface area (Å²) in [6, 6.07) is 4.72. The highest BCUT2D eigenvalue weighted by Crippen LogP contribution is 2.39. The molecule has 150 valence electrons. The van der Waals surface area contributed by atoms with Crippen molar-refractivity contribution in [3.8, 4) is 0 Å². The lowest BCUT2D eigenvalue weighted by Gasteiger charge is -2.27. The number of nitrogens with one attached hydrogen (secondary N) is 1. The van der Waals surface area contributed by atoms with Crippen molar-refractivity contribution in [1.82, 2.24) is 15.1 Å². The number of likely N-dealkylation sites (tertiary alicyclic amines) is 1. The van der Waals surface area contributed by atoms with Gasteiger partial charge in [0.15, 0.2) is 5.82 Å². The SMILES string of the molecule is CC(C)(C)CCN1C[C@H]2C[C@@H](Nc3ccc(N4CCOCC4)nn3)C[C@H]2C1. The predicted molar refractivity (Wildman–Crippen MR) is 109 cm³/mol. The number of rotatable bonds is 5. The van der Waals surface area contributed by atoms with Crippen LogP contribution in [0.25, 0.3) is 0 Å². The van der Waals surface area contributed by atoms with E-state index in [1.165, 1.54) is 38.9 Å². The van der Waals surface area contributed by atoms with Crippen molar-refractivity contribution in [2.75, 3.05) is 56.2 Å². The molecule has 0 unspecified atom stereocenters. The molecule has 3 atom stereocenters. The van der Waals surface area contributed by atoms with Gasteiger partial charge in [-0.3, -0.25) is 0 Å². The van der Waals surface area contributed by atoms with Crippen LogP contribution in [0.4, 0.5) is 11.6 Å². The molecule has 6 heteroatoms. The summed E-state index contributed by atoms with van der Waals surface area (Å²) < 4.78 is 5.40. The molecule has 0 bridgehead atoms. The number of fused-ring (bicyclic) bond motifs is 1. The molecule has 3 fully saturated rings. The summed E-state index contributed by atoms with van der Waals surface area (Å²) in [5.74, 6) is 3.58. The number of nitrogens with zero attached hydrogens (tertiary/aromatic N) is 4. The molecular weight excluding hydrogens is 338 g/mol. The van der Waals surface area contributed by atoms with Crippen molar-refractivity contribution in [2.24, 2.45) is 17.3 Å². The third-order valence-electron chi connectivity index (χ3n) is 6.34. The summed E-state index contributed by atoms with van der Waals surface area (Å²) in [6.07, 6.45) is 3.83. The Bertz CT molecular complexity index is 594. The molecule has 27 heavy (non-hydrogen) atoms. The molecule has 1 aromatic rings. The molecule has 0 aromatic carbocycles. The van der Waals surface area contributed by atoms with Crippen LogP contribution in [-0.2, 0) is 4.74 Å². The van der Waals surface area contributed by atoms with Crippen molar-refractivity contribution in [1.29, 1.82) is 0 Å². The van der Waals surface area contributed by atoms with Crippen molar-refractivity contribution < 1.29 is 4.74 Å². The summed E-state index contributed by atoms with van der Waals surface area (Å²) in [4.78, 5) is 4.93. The van der Waals surface area contributed by atoms with E-state index in [9.17, 15) is 0 Å². The Balaban J connectivity index is 1.24. The molecule has 0 radical (unpaired) electrons. The van der Waals surface area contributed by atoms with Crippen LogP contribution in [0.1, 0.15) is 40.0 Å². The Morgan fingerprint density at radius 1 is 1.07 bits per heavy atom. The van der Waals surface area contributed by atoms with E-state index >= 15 is 0 Å². The van der Waals surface area contributed by atoms with Gasteiger partial charge < -0.3 is 19.9 Å². The average Bonchev–Trinajstić information content (AvgIpc) is 3.19. The van der Waals surface area contributed by atoms with Gasteiger partial charge in [0.05, 0.1) is 13.2 Å². The summed E-state index contributed by atoms with van der Waals surface area (Å²) >= 11 is 0. The maximum absolute atomic E-state index is 5.40. The van der Waals surface area contributed by atoms with Crippen LogP contribution in [0.2, 0.25) is 0 Å². The van der Waals surface area contributed by atoms with Gasteiger partial charge in [0.2, 0.25) is 0 Å². The first-order valence-electron chi connectivity index (χ1n) is 10.6. The zero-order valence-corrected chi connectivity index (χ0v) is 17.2. The molecule has 3 heterocycles. The van der Waals surface area contributed by atoms with E-state index in [4.69, 9.17) is 4.74 Å². The van der Waals surface area contributed by atoms with E-state index in [1.807, 2.05) is 0 Å². The lowest BCUT2D eigenvalue weighted by molar-refractivity contribution is 0.122. The first kappa shape index (κ1) is 18.9. The highest BCUT2D eigenvalue weighted by atomic mass is 16.5. The molecule has 1 aliphatic carbocycles. The quantitative estimate of drug-likeness (QED) is 0.857. The van der Waals surface area contributed by atoms with E-state index in [2.05, 4.69) is 58.2 Å². The number of morpholine rings is 1. The third kappa shape index (κ3) is 4.91. The van der Waals surface area contributed by atoms with E-state index in [1.54, 1.807) is 0 Å². The molecule has 1 N–H and O–H groups in total. The monoisotopic (exact) mass is 373 g/mol. The summed E-state index contributed by atoms with van der Waals surface area (Å²) in [5.41, 5.74) is 0.438. The van der Waals surface area contributed by atoms with Crippen LogP contribution in [0.15, 0.2) is 12.1 Å². The topological polar surface area (TPSA) is 53.5 Å². The predicted octanol–water partition coefficient (Wildman–Crippen LogP) is 2.87. The smallest absolute Gasteiger partial charge is 0.151 e. The van der Waals surface area contributed by atoms with Gasteiger partial charge in [-0.2, -0.15) is 0 Å². The summed E-state index contributed by atoms with van der Waals surface area (Å²) in [7, 11) is 0. The molecule has 0 spiro atoms. The summed E-state index contributed by atoms with van der Waals surface area (Å²) in [6.45, 7) is 14.2. The second-order valence-electron chi connectivity index (χ2n) is 9.78. The lowest BCUT2D eigenvalue weighted by atomic mass is 9.92. The zero-order valence-electron chi connectivity index (χ0n) is 17.2. The maximum atomic E-state index is 5.40. The van der Waals surface area contributed by atoms with E-state index in [0.29, 0.717) is 11.5 Å². The van der Waals surface area contributed by atoms with E-state index in [0.717, 1.165) is 49.8 Å². The van der Waals surface area contributed by atoms with Crippen molar-refractivity contribution in [2.45, 2.75) is 46.1 Å². The van der Waals surface area contributed by atoms with Crippen molar-refractivity contribution in [3.05, 3.63) is 12.1 Å². The molecule has 4 rings (SSSR count). The maximum Gasteiger partial charge on any atom is 0.151 e. The minimum absolute atomic E-state index is 0.438. The Labute approximate surface area is 163 Å². The van der Waals surface area contributed by atoms with Gasteiger partial charge >= 0.3 is 0 Å². The van der Waals surface area contributed by atoms with Crippen molar-refractivity contribution in [3.63, 3.8) is 0 Å². The number of hydrogen-bond acceptors (Lipinski definition) is 6. The van der Waals surface area contributed by atoms with Crippen LogP contribution in [0.3, 0.4) is 0 Å². The minimum atomic E-state index is 0.438. The molecule has 1 saturated carbocycles. The third-order valence-corrected chi connectivity index (χ3v) is 6.34. The molecule has 0 amide bonds. The molecular formula is C21H35N5O. The second kappa shape index (κ2) is 7.92. The molecule has 3 aliphatic rings. The standard InChI is InChI=1S/C21H35N5O/c1-21(2,3)6-7-25-14-16-12-18(13-17(16)15-25)22-19-4-5-20(24-23-19)26-8-10-27-11-9-26/h4-5,16-18H,6-15H2,1-3H3,(H,22,23)/t16-,17+,18-. The number of hydrogen-bond donors (Lipinski definition) is 1. The van der Waals surface area contributed by atoms with Crippen LogP contribution >= 0.6 is 0 Å². The Kier molecular flexibility index (Phi) is 5.55. The Hall–Kier alpha value is -1.40. The minimum Gasteiger partial charge on any atom is -0.378 e. The molecule has 6 nitrogen and oxygen atoms in total. The number of aromatic nitrogens is 2. The zero-order chi connectivity index (χ0) is 18.9. The van der Waals surface area contributed by atoms with Crippen LogP contribution in [0.5, 0.6) is 0 Å². The fraction of sp³-hybridized carbons (Fsp3) is 0.810.